The monoisotopic (exact) mass is 389 g/mol. The highest BCUT2D eigenvalue weighted by atomic mass is 16.3. The Bertz CT molecular complexity index is 404. The van der Waals surface area contributed by atoms with Crippen molar-refractivity contribution in [2.75, 3.05) is 6.61 Å². The zero-order chi connectivity index (χ0) is 20.7. The SMILES string of the molecule is CCCCCCCCCCCCCC(O)C(O)[C@H](N)C(=O)C(=O)[C@H](O)CO. The van der Waals surface area contributed by atoms with Gasteiger partial charge in [-0.05, 0) is 6.42 Å². The third-order valence-corrected chi connectivity index (χ3v) is 4.89. The normalized spacial score (nSPS) is 15.9. The third-order valence-electron chi connectivity index (χ3n) is 4.89. The number of aliphatic hydroxyl groups is 4. The minimum Gasteiger partial charge on any atom is -0.393 e. The Balaban J connectivity index is 3.84. The minimum atomic E-state index is -1.85. The van der Waals surface area contributed by atoms with Crippen LogP contribution in [-0.2, 0) is 9.59 Å². The molecule has 160 valence electrons. The van der Waals surface area contributed by atoms with Gasteiger partial charge >= 0.3 is 0 Å². The second-order valence-corrected chi connectivity index (χ2v) is 7.33. The summed E-state index contributed by atoms with van der Waals surface area (Å²) in [5, 5.41) is 37.7. The first-order valence-corrected chi connectivity index (χ1v) is 10.4. The van der Waals surface area contributed by atoms with Crippen LogP contribution < -0.4 is 5.73 Å². The molecule has 0 aliphatic rings. The second kappa shape index (κ2) is 16.1. The summed E-state index contributed by atoms with van der Waals surface area (Å²) in [5.74, 6) is -2.45. The third kappa shape index (κ3) is 11.5. The zero-order valence-electron chi connectivity index (χ0n) is 16.7. The van der Waals surface area contributed by atoms with Gasteiger partial charge in [0.1, 0.15) is 18.2 Å². The molecule has 0 spiro atoms. The molecule has 2 unspecified atom stereocenters. The van der Waals surface area contributed by atoms with Crippen molar-refractivity contribution in [1.82, 2.24) is 0 Å². The van der Waals surface area contributed by atoms with E-state index >= 15 is 0 Å². The van der Waals surface area contributed by atoms with Crippen LogP contribution >= 0.6 is 0 Å². The number of ketones is 2. The van der Waals surface area contributed by atoms with E-state index < -0.39 is 42.5 Å². The van der Waals surface area contributed by atoms with Gasteiger partial charge < -0.3 is 26.2 Å². The Morgan fingerprint density at radius 2 is 1.22 bits per heavy atom. The van der Waals surface area contributed by atoms with E-state index in [2.05, 4.69) is 6.92 Å². The number of hydrogen-bond acceptors (Lipinski definition) is 7. The summed E-state index contributed by atoms with van der Waals surface area (Å²) in [6.07, 6.45) is 8.48. The maximum Gasteiger partial charge on any atom is 0.230 e. The standard InChI is InChI=1S/C20H39NO6/c1-2-3-4-5-6-7-8-9-10-11-12-13-15(23)18(25)17(21)20(27)19(26)16(24)14-22/h15-18,22-25H,2-14,21H2,1H3/t15?,16-,17+,18?/m1/s1. The molecule has 0 heterocycles. The Hall–Kier alpha value is -0.860. The van der Waals surface area contributed by atoms with E-state index in [1.54, 1.807) is 0 Å². The molecule has 0 aliphatic heterocycles. The number of rotatable bonds is 18. The van der Waals surface area contributed by atoms with Crippen LogP contribution in [0.15, 0.2) is 0 Å². The molecular weight excluding hydrogens is 350 g/mol. The number of unbranched alkanes of at least 4 members (excludes halogenated alkanes) is 10. The predicted octanol–water partition coefficient (Wildman–Crippen LogP) is 1.23. The molecule has 6 N–H and O–H groups in total. The van der Waals surface area contributed by atoms with Gasteiger partial charge in [-0.1, -0.05) is 77.6 Å². The van der Waals surface area contributed by atoms with E-state index in [-0.39, 0.29) is 6.42 Å². The van der Waals surface area contributed by atoms with E-state index in [9.17, 15) is 19.8 Å². The zero-order valence-corrected chi connectivity index (χ0v) is 16.7. The van der Waals surface area contributed by atoms with Gasteiger partial charge in [0, 0.05) is 0 Å². The Kier molecular flexibility index (Phi) is 15.6. The lowest BCUT2D eigenvalue weighted by Gasteiger charge is -2.23. The van der Waals surface area contributed by atoms with E-state index in [4.69, 9.17) is 15.9 Å². The van der Waals surface area contributed by atoms with Crippen LogP contribution in [0.3, 0.4) is 0 Å². The molecule has 0 saturated heterocycles. The molecule has 0 saturated carbocycles. The van der Waals surface area contributed by atoms with Gasteiger partial charge in [-0.25, -0.2) is 0 Å². The van der Waals surface area contributed by atoms with Crippen LogP contribution in [0, 0.1) is 0 Å². The Labute approximate surface area is 163 Å². The van der Waals surface area contributed by atoms with Crippen LogP contribution in [0.5, 0.6) is 0 Å². The van der Waals surface area contributed by atoms with Gasteiger partial charge in [0.2, 0.25) is 11.6 Å². The molecule has 0 fully saturated rings. The predicted molar refractivity (Wildman–Crippen MR) is 104 cm³/mol. The number of carbonyl (C=O) groups is 2. The topological polar surface area (TPSA) is 141 Å². The minimum absolute atomic E-state index is 0.288. The van der Waals surface area contributed by atoms with E-state index in [1.807, 2.05) is 0 Å². The van der Waals surface area contributed by atoms with Gasteiger partial charge in [0.15, 0.2) is 0 Å². The molecule has 0 aromatic carbocycles. The first-order valence-electron chi connectivity index (χ1n) is 10.4. The summed E-state index contributed by atoms with van der Waals surface area (Å²) in [7, 11) is 0. The van der Waals surface area contributed by atoms with E-state index in [0.29, 0.717) is 6.42 Å². The first-order chi connectivity index (χ1) is 12.9. The molecule has 0 aliphatic carbocycles. The van der Waals surface area contributed by atoms with Gasteiger partial charge in [0.05, 0.1) is 12.7 Å². The Morgan fingerprint density at radius 3 is 1.67 bits per heavy atom. The molecule has 0 aromatic heterocycles. The second-order valence-electron chi connectivity index (χ2n) is 7.33. The maximum atomic E-state index is 11.7. The summed E-state index contributed by atoms with van der Waals surface area (Å²) in [4.78, 5) is 23.2. The highest BCUT2D eigenvalue weighted by Crippen LogP contribution is 2.14. The van der Waals surface area contributed by atoms with Crippen molar-refractivity contribution < 1.29 is 30.0 Å². The average Bonchev–Trinajstić information content (AvgIpc) is 2.68. The molecule has 4 atom stereocenters. The van der Waals surface area contributed by atoms with Gasteiger partial charge in [-0.3, -0.25) is 9.59 Å². The van der Waals surface area contributed by atoms with Crippen LogP contribution in [0.4, 0.5) is 0 Å². The van der Waals surface area contributed by atoms with Crippen LogP contribution in [0.25, 0.3) is 0 Å². The first kappa shape index (κ1) is 26.1. The van der Waals surface area contributed by atoms with Crippen LogP contribution in [0.2, 0.25) is 0 Å². The lowest BCUT2D eigenvalue weighted by molar-refractivity contribution is -0.145. The Morgan fingerprint density at radius 1 is 0.778 bits per heavy atom. The lowest BCUT2D eigenvalue weighted by atomic mass is 9.94. The largest absolute Gasteiger partial charge is 0.393 e. The number of aliphatic hydroxyl groups excluding tert-OH is 4. The van der Waals surface area contributed by atoms with Gasteiger partial charge in [0.25, 0.3) is 0 Å². The fourth-order valence-corrected chi connectivity index (χ4v) is 2.99. The van der Waals surface area contributed by atoms with Crippen molar-refractivity contribution >= 4 is 11.6 Å². The quantitative estimate of drug-likeness (QED) is 0.175. The lowest BCUT2D eigenvalue weighted by Crippen LogP contribution is -2.52. The van der Waals surface area contributed by atoms with Crippen molar-refractivity contribution in [3.8, 4) is 0 Å². The maximum absolute atomic E-state index is 11.7. The van der Waals surface area contributed by atoms with Crippen LogP contribution in [-0.4, -0.2) is 63.0 Å². The molecule has 0 rings (SSSR count). The average molecular weight is 390 g/mol. The summed E-state index contributed by atoms with van der Waals surface area (Å²) in [6.45, 7) is 1.32. The fraction of sp³-hybridized carbons (Fsp3) is 0.900. The smallest absolute Gasteiger partial charge is 0.230 e. The number of Topliss-reactive ketones (excluding diaryl/α,β-unsaturated/α-hetero) is 2. The molecule has 0 radical (unpaired) electrons. The summed E-state index contributed by atoms with van der Waals surface area (Å²) >= 11 is 0. The number of nitrogens with two attached hydrogens (primary N) is 1. The van der Waals surface area contributed by atoms with Crippen molar-refractivity contribution in [2.45, 2.75) is 108 Å². The van der Waals surface area contributed by atoms with Crippen molar-refractivity contribution in [3.05, 3.63) is 0 Å². The summed E-state index contributed by atoms with van der Waals surface area (Å²) < 4.78 is 0. The highest BCUT2D eigenvalue weighted by Gasteiger charge is 2.34. The molecule has 0 aromatic rings. The summed E-state index contributed by atoms with van der Waals surface area (Å²) in [6, 6.07) is -1.61. The van der Waals surface area contributed by atoms with E-state index in [1.165, 1.54) is 44.9 Å². The fourth-order valence-electron chi connectivity index (χ4n) is 2.99. The molecule has 7 nitrogen and oxygen atoms in total. The van der Waals surface area contributed by atoms with Crippen molar-refractivity contribution in [2.24, 2.45) is 5.73 Å². The molecule has 0 amide bonds. The number of carbonyl (C=O) groups excluding carboxylic acids is 2. The van der Waals surface area contributed by atoms with Crippen LogP contribution in [0.1, 0.15) is 84.0 Å². The molecule has 7 heteroatoms. The summed E-state index contributed by atoms with van der Waals surface area (Å²) in [5.41, 5.74) is 5.51. The van der Waals surface area contributed by atoms with Gasteiger partial charge in [-0.15, -0.1) is 0 Å². The highest BCUT2D eigenvalue weighted by molar-refractivity contribution is 6.40. The van der Waals surface area contributed by atoms with Crippen molar-refractivity contribution in [3.63, 3.8) is 0 Å². The number of hydrogen-bond donors (Lipinski definition) is 5. The van der Waals surface area contributed by atoms with E-state index in [0.717, 1.165) is 19.3 Å². The van der Waals surface area contributed by atoms with Gasteiger partial charge in [-0.2, -0.15) is 0 Å². The molecule has 0 bridgehead atoms. The van der Waals surface area contributed by atoms with Crippen molar-refractivity contribution in [1.29, 1.82) is 0 Å². The molecule has 27 heavy (non-hydrogen) atoms. The molecular formula is C20H39NO6.